The summed E-state index contributed by atoms with van der Waals surface area (Å²) in [4.78, 5) is 37.0. The predicted octanol–water partition coefficient (Wildman–Crippen LogP) is -1.30. The minimum atomic E-state index is -1.16. The van der Waals surface area contributed by atoms with Gasteiger partial charge in [-0.3, -0.25) is 19.8 Å². The Morgan fingerprint density at radius 1 is 1.37 bits per heavy atom. The van der Waals surface area contributed by atoms with Gasteiger partial charge in [0.05, 0.1) is 0 Å². The number of carbonyl (C=O) groups excluding carboxylic acids is 3. The van der Waals surface area contributed by atoms with Gasteiger partial charge in [-0.15, -0.1) is 0 Å². The summed E-state index contributed by atoms with van der Waals surface area (Å²) < 4.78 is 0. The molecule has 1 aliphatic rings. The van der Waals surface area contributed by atoms with Crippen LogP contribution in [-0.2, 0) is 9.59 Å². The molecule has 1 saturated heterocycles. The third-order valence-corrected chi connectivity index (χ3v) is 3.52. The Balaban J connectivity index is 0.00000324. The molecule has 1 N–H and O–H groups in total. The molecule has 0 aromatic heterocycles. The Kier molecular flexibility index (Phi) is 6.97. The number of urea groups is 1. The maximum absolute atomic E-state index is 12.4. The Labute approximate surface area is 136 Å². The van der Waals surface area contributed by atoms with Crippen LogP contribution in [0.4, 0.5) is 4.79 Å². The van der Waals surface area contributed by atoms with Gasteiger partial charge in [0, 0.05) is 7.05 Å². The van der Waals surface area contributed by atoms with Crippen molar-refractivity contribution in [2.24, 2.45) is 11.3 Å². The van der Waals surface area contributed by atoms with Gasteiger partial charge in [0.25, 0.3) is 0 Å². The topological polar surface area (TPSA) is 66.5 Å². The van der Waals surface area contributed by atoms with Gasteiger partial charge in [0.15, 0.2) is 0 Å². The molecule has 1 rings (SSSR count). The smallest absolute Gasteiger partial charge is 0.277 e. The molecule has 1 aliphatic heterocycles. The van der Waals surface area contributed by atoms with Gasteiger partial charge in [-0.25, -0.2) is 4.79 Å². The van der Waals surface area contributed by atoms with E-state index < -0.39 is 23.3 Å². The molecule has 2 unspecified atom stereocenters. The molecule has 6 heteroatoms. The largest absolute Gasteiger partial charge is 1.00 e. The Morgan fingerprint density at radius 2 is 1.95 bits per heavy atom. The number of imide groups is 2. The van der Waals surface area contributed by atoms with Crippen molar-refractivity contribution >= 4 is 17.8 Å². The molecular formula is C13H20N2NaO3+. The van der Waals surface area contributed by atoms with Gasteiger partial charge in [-0.2, -0.15) is 0 Å². The number of nitrogens with one attached hydrogen (secondary N) is 1. The summed E-state index contributed by atoms with van der Waals surface area (Å²) in [5, 5.41) is 2.27. The van der Waals surface area contributed by atoms with Crippen molar-refractivity contribution in [3.05, 3.63) is 12.2 Å². The van der Waals surface area contributed by atoms with E-state index in [1.165, 1.54) is 7.05 Å². The molecule has 0 aromatic rings. The first-order chi connectivity index (χ1) is 8.41. The van der Waals surface area contributed by atoms with Gasteiger partial charge in [-0.1, -0.05) is 32.4 Å². The Hall–Kier alpha value is -0.650. The Morgan fingerprint density at radius 3 is 2.42 bits per heavy atom. The number of hydrogen-bond donors (Lipinski definition) is 1. The summed E-state index contributed by atoms with van der Waals surface area (Å²) in [6.45, 7) is 5.59. The van der Waals surface area contributed by atoms with E-state index in [1.54, 1.807) is 0 Å². The minimum absolute atomic E-state index is 0. The van der Waals surface area contributed by atoms with Crippen LogP contribution in [0.2, 0.25) is 0 Å². The Bertz CT molecular complexity index is 409. The van der Waals surface area contributed by atoms with Crippen LogP contribution in [0.1, 0.15) is 33.6 Å². The van der Waals surface area contributed by atoms with Crippen LogP contribution in [0.5, 0.6) is 0 Å². The summed E-state index contributed by atoms with van der Waals surface area (Å²) in [7, 11) is 1.40. The molecule has 0 aromatic carbocycles. The predicted molar refractivity (Wildman–Crippen MR) is 67.6 cm³/mol. The maximum atomic E-state index is 12.4. The molecule has 2 atom stereocenters. The second-order valence-electron chi connectivity index (χ2n) is 4.66. The number of rotatable bonds is 4. The van der Waals surface area contributed by atoms with Gasteiger partial charge < -0.3 is 0 Å². The molecule has 0 saturated carbocycles. The van der Waals surface area contributed by atoms with E-state index in [9.17, 15) is 14.4 Å². The van der Waals surface area contributed by atoms with Crippen molar-refractivity contribution in [3.8, 4) is 0 Å². The van der Waals surface area contributed by atoms with E-state index in [0.29, 0.717) is 12.8 Å². The molecule has 100 valence electrons. The molecule has 0 spiro atoms. The zero-order chi connectivity index (χ0) is 13.9. The van der Waals surface area contributed by atoms with Crippen LogP contribution in [0.3, 0.4) is 0 Å². The SMILES string of the molecule is C/C=C/C(C)C1(CCC)C(=O)NC(=O)N(C)C1=O.[Na+]. The fourth-order valence-corrected chi connectivity index (χ4v) is 2.48. The number of barbiturate groups is 1. The maximum Gasteiger partial charge on any atom is 1.00 e. The van der Waals surface area contributed by atoms with Crippen molar-refractivity contribution in [1.29, 1.82) is 0 Å². The van der Waals surface area contributed by atoms with Crippen molar-refractivity contribution in [2.75, 3.05) is 7.05 Å². The third kappa shape index (κ3) is 3.09. The molecular weight excluding hydrogens is 255 g/mol. The molecule has 0 aliphatic carbocycles. The van der Waals surface area contributed by atoms with Gasteiger partial charge in [0.2, 0.25) is 11.8 Å². The number of nitrogens with zero attached hydrogens (tertiary/aromatic N) is 1. The number of carbonyl (C=O) groups is 3. The summed E-state index contributed by atoms with van der Waals surface area (Å²) in [5.41, 5.74) is -1.16. The average molecular weight is 275 g/mol. The van der Waals surface area contributed by atoms with Gasteiger partial charge in [0.1, 0.15) is 5.41 Å². The van der Waals surface area contributed by atoms with Gasteiger partial charge in [-0.05, 0) is 19.3 Å². The summed E-state index contributed by atoms with van der Waals surface area (Å²) in [5.74, 6) is -1.14. The average Bonchev–Trinajstić information content (AvgIpc) is 2.32. The van der Waals surface area contributed by atoms with Crippen molar-refractivity contribution in [2.45, 2.75) is 33.6 Å². The number of allylic oxidation sites excluding steroid dienone is 2. The van der Waals surface area contributed by atoms with Crippen LogP contribution < -0.4 is 34.9 Å². The first-order valence-electron chi connectivity index (χ1n) is 6.18. The van der Waals surface area contributed by atoms with E-state index in [1.807, 2.05) is 32.9 Å². The number of hydrogen-bond acceptors (Lipinski definition) is 3. The number of amides is 4. The van der Waals surface area contributed by atoms with Crippen molar-refractivity contribution < 1.29 is 43.9 Å². The molecule has 1 heterocycles. The standard InChI is InChI=1S/C13H20N2O3.Na/c1-5-7-9(3)13(8-6-2)10(16)14-12(18)15(4)11(13)17;/h5,7,9H,6,8H2,1-4H3,(H,14,16,18);/q;+1/b7-5+;. The quantitative estimate of drug-likeness (QED) is 0.394. The van der Waals surface area contributed by atoms with E-state index in [0.717, 1.165) is 4.90 Å². The third-order valence-electron chi connectivity index (χ3n) is 3.52. The van der Waals surface area contributed by atoms with E-state index >= 15 is 0 Å². The second-order valence-corrected chi connectivity index (χ2v) is 4.66. The van der Waals surface area contributed by atoms with Crippen LogP contribution in [-0.4, -0.2) is 29.8 Å². The van der Waals surface area contributed by atoms with Crippen LogP contribution in [0, 0.1) is 11.3 Å². The van der Waals surface area contributed by atoms with E-state index in [2.05, 4.69) is 5.32 Å². The molecule has 4 amide bonds. The monoisotopic (exact) mass is 275 g/mol. The zero-order valence-electron chi connectivity index (χ0n) is 12.3. The van der Waals surface area contributed by atoms with E-state index in [4.69, 9.17) is 0 Å². The van der Waals surface area contributed by atoms with Crippen molar-refractivity contribution in [3.63, 3.8) is 0 Å². The summed E-state index contributed by atoms with van der Waals surface area (Å²) in [6.07, 6.45) is 4.78. The summed E-state index contributed by atoms with van der Waals surface area (Å²) in [6, 6.07) is -0.649. The van der Waals surface area contributed by atoms with Crippen LogP contribution >= 0.6 is 0 Å². The van der Waals surface area contributed by atoms with Crippen molar-refractivity contribution in [1.82, 2.24) is 10.2 Å². The van der Waals surface area contributed by atoms with E-state index in [-0.39, 0.29) is 35.5 Å². The zero-order valence-corrected chi connectivity index (χ0v) is 14.3. The molecule has 5 nitrogen and oxygen atoms in total. The molecule has 19 heavy (non-hydrogen) atoms. The normalized spacial score (nSPS) is 25.3. The second kappa shape index (κ2) is 7.22. The summed E-state index contributed by atoms with van der Waals surface area (Å²) >= 11 is 0. The van der Waals surface area contributed by atoms with Crippen LogP contribution in [0.15, 0.2) is 12.2 Å². The van der Waals surface area contributed by atoms with Gasteiger partial charge >= 0.3 is 35.6 Å². The van der Waals surface area contributed by atoms with Crippen LogP contribution in [0.25, 0.3) is 0 Å². The first kappa shape index (κ1) is 18.4. The minimum Gasteiger partial charge on any atom is -0.277 e. The molecule has 0 bridgehead atoms. The molecule has 1 fully saturated rings. The fraction of sp³-hybridized carbons (Fsp3) is 0.615. The molecule has 0 radical (unpaired) electrons. The fourth-order valence-electron chi connectivity index (χ4n) is 2.48. The first-order valence-corrected chi connectivity index (χ1v) is 6.18.